The van der Waals surface area contributed by atoms with Crippen LogP contribution >= 0.6 is 0 Å². The molecule has 0 radical (unpaired) electrons. The van der Waals surface area contributed by atoms with Crippen LogP contribution in [0.4, 0.5) is 0 Å². The Labute approximate surface area is 131 Å². The van der Waals surface area contributed by atoms with E-state index >= 15 is 0 Å². The lowest BCUT2D eigenvalue weighted by Gasteiger charge is -2.13. The smallest absolute Gasteiger partial charge is 0.242 e. The van der Waals surface area contributed by atoms with Crippen LogP contribution in [0.5, 0.6) is 11.5 Å². The fraction of sp³-hybridized carbons (Fsp3) is 0.500. The zero-order chi connectivity index (χ0) is 16.5. The Balaban J connectivity index is 2.55. The lowest BCUT2D eigenvalue weighted by Crippen LogP contribution is -2.44. The van der Waals surface area contributed by atoms with Crippen molar-refractivity contribution < 1.29 is 19.1 Å². The monoisotopic (exact) mass is 308 g/mol. The van der Waals surface area contributed by atoms with Crippen molar-refractivity contribution in [2.45, 2.75) is 32.7 Å². The molecule has 1 atom stereocenters. The number of benzene rings is 1. The maximum absolute atomic E-state index is 11.9. The molecule has 0 saturated carbocycles. The van der Waals surface area contributed by atoms with E-state index in [2.05, 4.69) is 10.6 Å². The van der Waals surface area contributed by atoms with Gasteiger partial charge in [-0.05, 0) is 38.0 Å². The molecule has 0 fully saturated rings. The first-order valence-electron chi connectivity index (χ1n) is 7.29. The minimum absolute atomic E-state index is 0.166. The lowest BCUT2D eigenvalue weighted by atomic mass is 10.1. The van der Waals surface area contributed by atoms with Crippen molar-refractivity contribution in [1.29, 1.82) is 0 Å². The predicted molar refractivity (Wildman–Crippen MR) is 84.2 cm³/mol. The molecular weight excluding hydrogens is 284 g/mol. The molecule has 6 heteroatoms. The first kappa shape index (κ1) is 17.8. The molecule has 1 rings (SSSR count). The van der Waals surface area contributed by atoms with E-state index in [1.54, 1.807) is 27.2 Å². The Bertz CT molecular complexity index is 495. The SMILES string of the molecule is CCNC(=O)[C@H](C)NC(=O)CCc1cc(OC)cc(OC)c1. The highest BCUT2D eigenvalue weighted by atomic mass is 16.5. The number of aryl methyl sites for hydroxylation is 1. The molecule has 1 aromatic rings. The van der Waals surface area contributed by atoms with Crippen LogP contribution in [-0.2, 0) is 16.0 Å². The summed E-state index contributed by atoms with van der Waals surface area (Å²) in [5.41, 5.74) is 0.942. The van der Waals surface area contributed by atoms with Crippen LogP contribution in [-0.4, -0.2) is 38.6 Å². The number of carbonyl (C=O) groups excluding carboxylic acids is 2. The van der Waals surface area contributed by atoms with E-state index < -0.39 is 6.04 Å². The zero-order valence-corrected chi connectivity index (χ0v) is 13.6. The summed E-state index contributed by atoms with van der Waals surface area (Å²) in [5, 5.41) is 5.35. The van der Waals surface area contributed by atoms with E-state index in [-0.39, 0.29) is 11.8 Å². The Morgan fingerprint density at radius 3 is 2.23 bits per heavy atom. The number of nitrogens with one attached hydrogen (secondary N) is 2. The Morgan fingerprint density at radius 2 is 1.73 bits per heavy atom. The maximum Gasteiger partial charge on any atom is 0.242 e. The van der Waals surface area contributed by atoms with Crippen molar-refractivity contribution in [1.82, 2.24) is 10.6 Å². The molecule has 1 aromatic carbocycles. The van der Waals surface area contributed by atoms with Crippen molar-refractivity contribution >= 4 is 11.8 Å². The number of hydrogen-bond donors (Lipinski definition) is 2. The number of likely N-dealkylation sites (N-methyl/N-ethyl adjacent to an activating group) is 1. The number of hydrogen-bond acceptors (Lipinski definition) is 4. The second-order valence-electron chi connectivity index (χ2n) is 4.90. The van der Waals surface area contributed by atoms with Crippen molar-refractivity contribution in [3.63, 3.8) is 0 Å². The molecule has 122 valence electrons. The van der Waals surface area contributed by atoms with E-state index in [1.807, 2.05) is 19.1 Å². The van der Waals surface area contributed by atoms with Gasteiger partial charge in [0.25, 0.3) is 0 Å². The van der Waals surface area contributed by atoms with Crippen molar-refractivity contribution in [2.24, 2.45) is 0 Å². The summed E-state index contributed by atoms with van der Waals surface area (Å²) < 4.78 is 10.4. The number of methoxy groups -OCH3 is 2. The average Bonchev–Trinajstić information content (AvgIpc) is 2.52. The van der Waals surface area contributed by atoms with Gasteiger partial charge in [0.2, 0.25) is 11.8 Å². The fourth-order valence-corrected chi connectivity index (χ4v) is 1.98. The van der Waals surface area contributed by atoms with E-state index in [4.69, 9.17) is 9.47 Å². The highest BCUT2D eigenvalue weighted by molar-refractivity contribution is 5.87. The molecule has 0 unspecified atom stereocenters. The minimum atomic E-state index is -0.535. The minimum Gasteiger partial charge on any atom is -0.497 e. The van der Waals surface area contributed by atoms with Gasteiger partial charge in [-0.1, -0.05) is 0 Å². The summed E-state index contributed by atoms with van der Waals surface area (Å²) >= 11 is 0. The Hall–Kier alpha value is -2.24. The van der Waals surface area contributed by atoms with E-state index in [9.17, 15) is 9.59 Å². The Kier molecular flexibility index (Phi) is 7.22. The van der Waals surface area contributed by atoms with E-state index in [0.717, 1.165) is 5.56 Å². The Morgan fingerprint density at radius 1 is 1.14 bits per heavy atom. The molecule has 0 aliphatic rings. The second-order valence-corrected chi connectivity index (χ2v) is 4.90. The molecule has 0 bridgehead atoms. The third kappa shape index (κ3) is 5.63. The zero-order valence-electron chi connectivity index (χ0n) is 13.6. The van der Waals surface area contributed by atoms with Gasteiger partial charge in [0.1, 0.15) is 17.5 Å². The lowest BCUT2D eigenvalue weighted by molar-refractivity contribution is -0.128. The molecule has 0 saturated heterocycles. The van der Waals surface area contributed by atoms with Gasteiger partial charge >= 0.3 is 0 Å². The van der Waals surface area contributed by atoms with Crippen LogP contribution in [0.3, 0.4) is 0 Å². The molecule has 2 N–H and O–H groups in total. The highest BCUT2D eigenvalue weighted by Gasteiger charge is 2.14. The van der Waals surface area contributed by atoms with Crippen LogP contribution in [0.15, 0.2) is 18.2 Å². The number of carbonyl (C=O) groups is 2. The van der Waals surface area contributed by atoms with Crippen LogP contribution in [0.1, 0.15) is 25.8 Å². The molecule has 22 heavy (non-hydrogen) atoms. The molecule has 6 nitrogen and oxygen atoms in total. The molecule has 0 heterocycles. The van der Waals surface area contributed by atoms with Gasteiger partial charge in [0.05, 0.1) is 14.2 Å². The summed E-state index contributed by atoms with van der Waals surface area (Å²) in [7, 11) is 3.17. The first-order chi connectivity index (χ1) is 10.5. The predicted octanol–water partition coefficient (Wildman–Crippen LogP) is 1.28. The third-order valence-electron chi connectivity index (χ3n) is 3.17. The quantitative estimate of drug-likeness (QED) is 0.758. The summed E-state index contributed by atoms with van der Waals surface area (Å²) in [6.07, 6.45) is 0.835. The average molecular weight is 308 g/mol. The molecule has 0 aromatic heterocycles. The number of amides is 2. The van der Waals surface area contributed by atoms with Crippen molar-refractivity contribution in [3.05, 3.63) is 23.8 Å². The highest BCUT2D eigenvalue weighted by Crippen LogP contribution is 2.23. The van der Waals surface area contributed by atoms with Crippen molar-refractivity contribution in [2.75, 3.05) is 20.8 Å². The maximum atomic E-state index is 11.9. The third-order valence-corrected chi connectivity index (χ3v) is 3.17. The number of rotatable bonds is 8. The van der Waals surface area contributed by atoms with E-state index in [1.165, 1.54) is 0 Å². The van der Waals surface area contributed by atoms with Gasteiger partial charge in [0.15, 0.2) is 0 Å². The van der Waals surface area contributed by atoms with Gasteiger partial charge in [0, 0.05) is 19.0 Å². The molecule has 0 aliphatic carbocycles. The van der Waals surface area contributed by atoms with Gasteiger partial charge < -0.3 is 20.1 Å². The van der Waals surface area contributed by atoms with E-state index in [0.29, 0.717) is 30.9 Å². The van der Waals surface area contributed by atoms with Crippen LogP contribution in [0.2, 0.25) is 0 Å². The van der Waals surface area contributed by atoms with Crippen LogP contribution in [0.25, 0.3) is 0 Å². The normalized spacial score (nSPS) is 11.5. The molecular formula is C16H24N2O4. The molecule has 0 aliphatic heterocycles. The van der Waals surface area contributed by atoms with Crippen LogP contribution in [0, 0.1) is 0 Å². The second kappa shape index (κ2) is 8.92. The van der Waals surface area contributed by atoms with Crippen LogP contribution < -0.4 is 20.1 Å². The molecule has 0 spiro atoms. The standard InChI is InChI=1S/C16H24N2O4/c1-5-17-16(20)11(2)18-15(19)7-6-12-8-13(21-3)10-14(9-12)22-4/h8-11H,5-7H2,1-4H3,(H,17,20)(H,18,19)/t11-/m0/s1. The van der Waals surface area contributed by atoms with Crippen molar-refractivity contribution in [3.8, 4) is 11.5 Å². The van der Waals surface area contributed by atoms with Gasteiger partial charge in [-0.3, -0.25) is 9.59 Å². The summed E-state index contributed by atoms with van der Waals surface area (Å²) in [5.74, 6) is 1.02. The summed E-state index contributed by atoms with van der Waals surface area (Å²) in [6.45, 7) is 4.04. The topological polar surface area (TPSA) is 76.7 Å². The summed E-state index contributed by atoms with van der Waals surface area (Å²) in [6, 6.07) is 4.97. The van der Waals surface area contributed by atoms with Gasteiger partial charge in [-0.15, -0.1) is 0 Å². The summed E-state index contributed by atoms with van der Waals surface area (Å²) in [4.78, 5) is 23.5. The first-order valence-corrected chi connectivity index (χ1v) is 7.29. The number of ether oxygens (including phenoxy) is 2. The van der Waals surface area contributed by atoms with Gasteiger partial charge in [-0.2, -0.15) is 0 Å². The largest absolute Gasteiger partial charge is 0.497 e. The molecule has 2 amide bonds. The van der Waals surface area contributed by atoms with Gasteiger partial charge in [-0.25, -0.2) is 0 Å². The fourth-order valence-electron chi connectivity index (χ4n) is 1.98.